The van der Waals surface area contributed by atoms with Crippen LogP contribution in [0.2, 0.25) is 0 Å². The Hall–Kier alpha value is -1.55. The van der Waals surface area contributed by atoms with Gasteiger partial charge in [0.25, 0.3) is 5.91 Å². The molecule has 1 aliphatic rings. The lowest BCUT2D eigenvalue weighted by molar-refractivity contribution is -0.122. The smallest absolute Gasteiger partial charge is 0.253 e. The molecule has 2 rings (SSSR count). The molecule has 1 aliphatic heterocycles. The molecule has 0 fully saturated rings. The molecule has 0 aliphatic carbocycles. The first kappa shape index (κ1) is 9.98. The van der Waals surface area contributed by atoms with Crippen molar-refractivity contribution in [2.24, 2.45) is 0 Å². The number of nitrogens with zero attached hydrogens (tertiary/aromatic N) is 1. The zero-order valence-electron chi connectivity index (χ0n) is 8.60. The number of carbonyl (C=O) groups excluding carboxylic acids is 1. The fourth-order valence-corrected chi connectivity index (χ4v) is 1.63. The van der Waals surface area contributed by atoms with Crippen LogP contribution in [-0.4, -0.2) is 32.8 Å². The van der Waals surface area contributed by atoms with Gasteiger partial charge in [-0.3, -0.25) is 4.79 Å². The number of hydrogen-bond donors (Lipinski definition) is 0. The van der Waals surface area contributed by atoms with Crippen LogP contribution >= 0.6 is 0 Å². The third-order valence-electron chi connectivity index (χ3n) is 2.30. The molecule has 0 N–H and O–H groups in total. The van der Waals surface area contributed by atoms with Crippen molar-refractivity contribution in [1.29, 1.82) is 0 Å². The second-order valence-electron chi connectivity index (χ2n) is 3.29. The Bertz CT molecular complexity index is 365. The van der Waals surface area contributed by atoms with Crippen molar-refractivity contribution in [2.75, 3.05) is 31.8 Å². The third-order valence-corrected chi connectivity index (χ3v) is 2.30. The molecule has 80 valence electrons. The van der Waals surface area contributed by atoms with Gasteiger partial charge in [-0.2, -0.15) is 0 Å². The van der Waals surface area contributed by atoms with E-state index in [1.165, 1.54) is 7.11 Å². The van der Waals surface area contributed by atoms with Crippen molar-refractivity contribution in [3.63, 3.8) is 0 Å². The summed E-state index contributed by atoms with van der Waals surface area (Å²) < 4.78 is 10.3. The zero-order valence-corrected chi connectivity index (χ0v) is 8.60. The number of fused-ring (bicyclic) bond motifs is 1. The highest BCUT2D eigenvalue weighted by atomic mass is 16.5. The first-order valence-corrected chi connectivity index (χ1v) is 4.84. The quantitative estimate of drug-likeness (QED) is 0.727. The molecule has 0 spiro atoms. The molecule has 0 unspecified atom stereocenters. The Morgan fingerprint density at radius 2 is 2.33 bits per heavy atom. The predicted molar refractivity (Wildman–Crippen MR) is 56.2 cm³/mol. The lowest BCUT2D eigenvalue weighted by atomic mass is 10.2. The van der Waals surface area contributed by atoms with Crippen LogP contribution in [0, 0.1) is 0 Å². The summed E-state index contributed by atoms with van der Waals surface area (Å²) in [5.74, 6) is 0.724. The summed E-state index contributed by atoms with van der Waals surface area (Å²) >= 11 is 0. The van der Waals surface area contributed by atoms with Crippen molar-refractivity contribution in [3.05, 3.63) is 24.3 Å². The van der Waals surface area contributed by atoms with E-state index in [2.05, 4.69) is 0 Å². The van der Waals surface area contributed by atoms with Gasteiger partial charge in [-0.05, 0) is 12.1 Å². The van der Waals surface area contributed by atoms with Crippen molar-refractivity contribution < 1.29 is 14.3 Å². The molecule has 1 aromatic carbocycles. The first-order chi connectivity index (χ1) is 7.33. The van der Waals surface area contributed by atoms with E-state index in [0.29, 0.717) is 13.2 Å². The van der Waals surface area contributed by atoms with Crippen molar-refractivity contribution >= 4 is 11.6 Å². The van der Waals surface area contributed by atoms with Gasteiger partial charge in [0.15, 0.2) is 0 Å². The monoisotopic (exact) mass is 207 g/mol. The fraction of sp³-hybridized carbons (Fsp3) is 0.364. The molecule has 0 saturated heterocycles. The Kier molecular flexibility index (Phi) is 2.87. The van der Waals surface area contributed by atoms with Crippen LogP contribution < -0.4 is 9.64 Å². The van der Waals surface area contributed by atoms with Crippen molar-refractivity contribution in [3.8, 4) is 5.75 Å². The van der Waals surface area contributed by atoms with Crippen molar-refractivity contribution in [2.45, 2.75) is 0 Å². The van der Waals surface area contributed by atoms with Gasteiger partial charge in [-0.25, -0.2) is 0 Å². The Morgan fingerprint density at radius 1 is 1.53 bits per heavy atom. The molecule has 0 aromatic heterocycles. The van der Waals surface area contributed by atoms with Gasteiger partial charge in [0.05, 0.1) is 12.2 Å². The Labute approximate surface area is 88.4 Å². The highest BCUT2D eigenvalue weighted by Crippen LogP contribution is 2.30. The van der Waals surface area contributed by atoms with Gasteiger partial charge in [0, 0.05) is 7.11 Å². The summed E-state index contributed by atoms with van der Waals surface area (Å²) in [4.78, 5) is 13.4. The van der Waals surface area contributed by atoms with Crippen LogP contribution in [0.5, 0.6) is 5.75 Å². The lowest BCUT2D eigenvalue weighted by Crippen LogP contribution is -2.39. The summed E-state index contributed by atoms with van der Waals surface area (Å²) in [6, 6.07) is 7.52. The van der Waals surface area contributed by atoms with Gasteiger partial charge in [-0.15, -0.1) is 0 Å². The highest BCUT2D eigenvalue weighted by Gasteiger charge is 2.22. The number of ether oxygens (including phenoxy) is 2. The van der Waals surface area contributed by atoms with Gasteiger partial charge >= 0.3 is 0 Å². The van der Waals surface area contributed by atoms with E-state index in [1.807, 2.05) is 24.3 Å². The largest absolute Gasteiger partial charge is 0.490 e. The molecular weight excluding hydrogens is 194 g/mol. The normalized spacial score (nSPS) is 14.3. The average molecular weight is 207 g/mol. The number of anilines is 1. The predicted octanol–water partition coefficient (Wildman–Crippen LogP) is 1.06. The zero-order chi connectivity index (χ0) is 10.7. The number of amides is 1. The van der Waals surface area contributed by atoms with E-state index in [1.54, 1.807) is 4.90 Å². The number of hydrogen-bond acceptors (Lipinski definition) is 3. The second-order valence-corrected chi connectivity index (χ2v) is 3.29. The Balaban J connectivity index is 2.25. The van der Waals surface area contributed by atoms with Crippen LogP contribution in [-0.2, 0) is 9.53 Å². The Morgan fingerprint density at radius 3 is 3.13 bits per heavy atom. The lowest BCUT2D eigenvalue weighted by Gasteiger charge is -2.29. The molecule has 0 bridgehead atoms. The van der Waals surface area contributed by atoms with Crippen LogP contribution in [0.1, 0.15) is 0 Å². The van der Waals surface area contributed by atoms with E-state index < -0.39 is 0 Å². The van der Waals surface area contributed by atoms with Gasteiger partial charge in [-0.1, -0.05) is 12.1 Å². The van der Waals surface area contributed by atoms with E-state index in [-0.39, 0.29) is 12.5 Å². The van der Waals surface area contributed by atoms with E-state index in [9.17, 15) is 4.79 Å². The third kappa shape index (κ3) is 1.94. The average Bonchev–Trinajstić information content (AvgIpc) is 2.28. The van der Waals surface area contributed by atoms with Crippen LogP contribution in [0.3, 0.4) is 0 Å². The molecule has 1 amide bonds. The summed E-state index contributed by atoms with van der Waals surface area (Å²) in [5, 5.41) is 0. The maximum Gasteiger partial charge on any atom is 0.253 e. The summed E-state index contributed by atoms with van der Waals surface area (Å²) in [7, 11) is 1.52. The summed E-state index contributed by atoms with van der Waals surface area (Å²) in [6.07, 6.45) is 0. The molecule has 1 aromatic rings. The van der Waals surface area contributed by atoms with Gasteiger partial charge < -0.3 is 14.4 Å². The molecule has 0 atom stereocenters. The molecule has 4 nitrogen and oxygen atoms in total. The molecule has 15 heavy (non-hydrogen) atoms. The minimum atomic E-state index is -0.0340. The van der Waals surface area contributed by atoms with Gasteiger partial charge in [0.1, 0.15) is 19.0 Å². The second kappa shape index (κ2) is 4.31. The highest BCUT2D eigenvalue weighted by molar-refractivity contribution is 5.96. The van der Waals surface area contributed by atoms with Crippen molar-refractivity contribution in [1.82, 2.24) is 0 Å². The number of rotatable bonds is 2. The minimum absolute atomic E-state index is 0.0340. The van der Waals surface area contributed by atoms with Crippen LogP contribution in [0.15, 0.2) is 24.3 Å². The van der Waals surface area contributed by atoms with Gasteiger partial charge in [0.2, 0.25) is 0 Å². The number of carbonyl (C=O) groups is 1. The van der Waals surface area contributed by atoms with E-state index in [4.69, 9.17) is 9.47 Å². The van der Waals surface area contributed by atoms with Crippen LogP contribution in [0.25, 0.3) is 0 Å². The minimum Gasteiger partial charge on any atom is -0.490 e. The molecule has 4 heteroatoms. The fourth-order valence-electron chi connectivity index (χ4n) is 1.63. The number of methoxy groups -OCH3 is 1. The van der Waals surface area contributed by atoms with E-state index >= 15 is 0 Å². The first-order valence-electron chi connectivity index (χ1n) is 4.84. The molecule has 0 saturated carbocycles. The topological polar surface area (TPSA) is 38.8 Å². The molecule has 0 radical (unpaired) electrons. The van der Waals surface area contributed by atoms with E-state index in [0.717, 1.165) is 11.4 Å². The maximum absolute atomic E-state index is 11.7. The summed E-state index contributed by atoms with van der Waals surface area (Å²) in [5.41, 5.74) is 0.825. The number of para-hydroxylation sites is 2. The molecular formula is C11H13NO3. The van der Waals surface area contributed by atoms with Crippen LogP contribution in [0.4, 0.5) is 5.69 Å². The maximum atomic E-state index is 11.7. The molecule has 1 heterocycles. The number of benzene rings is 1. The summed E-state index contributed by atoms with van der Waals surface area (Å²) in [6.45, 7) is 1.22. The standard InChI is InChI=1S/C11H13NO3/c1-14-8-11(13)12-6-7-15-10-5-3-2-4-9(10)12/h2-5H,6-8H2,1H3. The SMILES string of the molecule is COCC(=O)N1CCOc2ccccc21.